The lowest BCUT2D eigenvalue weighted by Gasteiger charge is -2.14. The van der Waals surface area contributed by atoms with Crippen LogP contribution in [0.5, 0.6) is 0 Å². The normalized spacial score (nSPS) is 10.2. The number of hydrogen-bond acceptors (Lipinski definition) is 1. The third kappa shape index (κ3) is 2.77. The van der Waals surface area contributed by atoms with Gasteiger partial charge in [-0.15, -0.1) is 0 Å². The minimum atomic E-state index is 0.769. The Morgan fingerprint density at radius 2 is 1.50 bits per heavy atom. The molecule has 0 bridgehead atoms. The van der Waals surface area contributed by atoms with E-state index in [2.05, 4.69) is 38.2 Å². The van der Waals surface area contributed by atoms with Crippen molar-refractivity contribution < 1.29 is 0 Å². The molecule has 1 N–H and O–H groups in total. The van der Waals surface area contributed by atoms with Crippen LogP contribution in [0, 0.1) is 20.8 Å². The number of rotatable bonds is 2. The predicted molar refractivity (Wildman–Crippen MR) is 82.4 cm³/mol. The second kappa shape index (κ2) is 5.32. The molecule has 0 aromatic heterocycles. The van der Waals surface area contributed by atoms with E-state index in [0.717, 1.165) is 16.2 Å². The van der Waals surface area contributed by atoms with E-state index < -0.39 is 0 Å². The van der Waals surface area contributed by atoms with Crippen LogP contribution in [0.3, 0.4) is 0 Å². The molecule has 2 heteroatoms. The summed E-state index contributed by atoms with van der Waals surface area (Å²) in [6.45, 7) is 6.32. The summed E-state index contributed by atoms with van der Waals surface area (Å²) in [6.07, 6.45) is 0. The lowest BCUT2D eigenvalue weighted by atomic mass is 10.0. The zero-order valence-corrected chi connectivity index (χ0v) is 11.8. The van der Waals surface area contributed by atoms with Crippen molar-refractivity contribution in [2.75, 3.05) is 5.32 Å². The van der Waals surface area contributed by atoms with E-state index in [4.69, 9.17) is 12.2 Å². The monoisotopic (exact) mass is 255 g/mol. The second-order valence-corrected chi connectivity index (χ2v) is 5.00. The van der Waals surface area contributed by atoms with E-state index in [0.29, 0.717) is 0 Å². The highest BCUT2D eigenvalue weighted by atomic mass is 32.1. The van der Waals surface area contributed by atoms with Gasteiger partial charge in [0.1, 0.15) is 4.99 Å². The van der Waals surface area contributed by atoms with Crippen LogP contribution in [0.4, 0.5) is 5.69 Å². The average Bonchev–Trinajstić information content (AvgIpc) is 2.34. The van der Waals surface area contributed by atoms with Gasteiger partial charge in [0.15, 0.2) is 0 Å². The molecule has 0 unspecified atom stereocenters. The number of nitrogens with one attached hydrogen (secondary N) is 1. The molecule has 0 amide bonds. The fourth-order valence-corrected chi connectivity index (χ4v) is 2.39. The van der Waals surface area contributed by atoms with Gasteiger partial charge < -0.3 is 5.32 Å². The summed E-state index contributed by atoms with van der Waals surface area (Å²) in [5, 5.41) is 3.35. The highest BCUT2D eigenvalue weighted by Gasteiger charge is 2.06. The van der Waals surface area contributed by atoms with Gasteiger partial charge in [-0.1, -0.05) is 60.2 Å². The molecule has 92 valence electrons. The molecule has 0 aliphatic heterocycles. The van der Waals surface area contributed by atoms with Crippen molar-refractivity contribution >= 4 is 22.9 Å². The van der Waals surface area contributed by atoms with E-state index in [-0.39, 0.29) is 0 Å². The zero-order valence-electron chi connectivity index (χ0n) is 10.9. The fraction of sp³-hybridized carbons (Fsp3) is 0.188. The van der Waals surface area contributed by atoms with Crippen molar-refractivity contribution in [3.8, 4) is 0 Å². The molecule has 0 aliphatic carbocycles. The standard InChI is InChI=1S/C16H17NS/c1-11-9-12(2)15(13(3)10-11)17-16(18)14-7-5-4-6-8-14/h4-10H,1-3H3,(H,17,18). The van der Waals surface area contributed by atoms with Crippen LogP contribution >= 0.6 is 12.2 Å². The third-order valence-corrected chi connectivity index (χ3v) is 3.29. The molecule has 2 aromatic carbocycles. The fourth-order valence-electron chi connectivity index (χ4n) is 2.15. The van der Waals surface area contributed by atoms with Crippen molar-refractivity contribution in [3.63, 3.8) is 0 Å². The first kappa shape index (κ1) is 12.8. The quantitative estimate of drug-likeness (QED) is 0.798. The van der Waals surface area contributed by atoms with Gasteiger partial charge in [-0.25, -0.2) is 0 Å². The Hall–Kier alpha value is -1.67. The summed E-state index contributed by atoms with van der Waals surface area (Å²) >= 11 is 5.44. The molecule has 1 nitrogen and oxygen atoms in total. The maximum absolute atomic E-state index is 5.44. The molecule has 0 heterocycles. The number of aryl methyl sites for hydroxylation is 3. The second-order valence-electron chi connectivity index (χ2n) is 4.59. The van der Waals surface area contributed by atoms with Crippen LogP contribution in [0.1, 0.15) is 22.3 Å². The Bertz CT molecular complexity index is 550. The Morgan fingerprint density at radius 1 is 0.944 bits per heavy atom. The molecule has 2 aromatic rings. The lowest BCUT2D eigenvalue weighted by molar-refractivity contribution is 1.32. The van der Waals surface area contributed by atoms with Gasteiger partial charge in [-0.05, 0) is 31.9 Å². The molecule has 0 fully saturated rings. The van der Waals surface area contributed by atoms with Gasteiger partial charge in [0.05, 0.1) is 0 Å². The first-order valence-corrected chi connectivity index (χ1v) is 6.43. The maximum Gasteiger partial charge on any atom is 0.110 e. The summed E-state index contributed by atoms with van der Waals surface area (Å²) in [4.78, 5) is 0.769. The number of anilines is 1. The highest BCUT2D eigenvalue weighted by molar-refractivity contribution is 7.81. The van der Waals surface area contributed by atoms with E-state index >= 15 is 0 Å². The first-order valence-electron chi connectivity index (χ1n) is 6.02. The molecule has 2 rings (SSSR count). The molecule has 0 radical (unpaired) electrons. The lowest BCUT2D eigenvalue weighted by Crippen LogP contribution is -2.12. The molecular formula is C16H17NS. The summed E-state index contributed by atoms with van der Waals surface area (Å²) < 4.78 is 0. The van der Waals surface area contributed by atoms with Crippen molar-refractivity contribution in [2.24, 2.45) is 0 Å². The van der Waals surface area contributed by atoms with Crippen LogP contribution in [-0.4, -0.2) is 4.99 Å². The highest BCUT2D eigenvalue weighted by Crippen LogP contribution is 2.22. The number of thiocarbonyl (C=S) groups is 1. The number of benzene rings is 2. The van der Waals surface area contributed by atoms with Gasteiger partial charge >= 0.3 is 0 Å². The summed E-state index contributed by atoms with van der Waals surface area (Å²) in [7, 11) is 0. The third-order valence-electron chi connectivity index (χ3n) is 2.95. The molecule has 18 heavy (non-hydrogen) atoms. The Kier molecular flexibility index (Phi) is 3.78. The van der Waals surface area contributed by atoms with Crippen molar-refractivity contribution in [3.05, 3.63) is 64.7 Å². The molecule has 0 saturated heterocycles. The summed E-state index contributed by atoms with van der Waals surface area (Å²) in [5.41, 5.74) is 5.90. The van der Waals surface area contributed by atoms with Gasteiger partial charge in [0, 0.05) is 11.3 Å². The number of hydrogen-bond donors (Lipinski definition) is 1. The molecule has 0 saturated carbocycles. The smallest absolute Gasteiger partial charge is 0.110 e. The SMILES string of the molecule is Cc1cc(C)c(NC(=S)c2ccccc2)c(C)c1. The Labute approximate surface area is 114 Å². The van der Waals surface area contributed by atoms with Crippen molar-refractivity contribution in [2.45, 2.75) is 20.8 Å². The zero-order chi connectivity index (χ0) is 13.1. The van der Waals surface area contributed by atoms with Gasteiger partial charge in [0.25, 0.3) is 0 Å². The molecule has 0 atom stereocenters. The van der Waals surface area contributed by atoms with E-state index in [1.165, 1.54) is 16.7 Å². The maximum atomic E-state index is 5.44. The van der Waals surface area contributed by atoms with Gasteiger partial charge in [-0.2, -0.15) is 0 Å². The van der Waals surface area contributed by atoms with Crippen LogP contribution in [0.15, 0.2) is 42.5 Å². The van der Waals surface area contributed by atoms with Crippen molar-refractivity contribution in [1.82, 2.24) is 0 Å². The first-order chi connectivity index (χ1) is 8.58. The molecule has 0 aliphatic rings. The largest absolute Gasteiger partial charge is 0.346 e. The summed E-state index contributed by atoms with van der Waals surface area (Å²) in [5.74, 6) is 0. The van der Waals surface area contributed by atoms with E-state index in [9.17, 15) is 0 Å². The van der Waals surface area contributed by atoms with Crippen LogP contribution in [0.2, 0.25) is 0 Å². The minimum Gasteiger partial charge on any atom is -0.346 e. The van der Waals surface area contributed by atoms with E-state index in [1.807, 2.05) is 30.3 Å². The Balaban J connectivity index is 2.28. The molecular weight excluding hydrogens is 238 g/mol. The summed E-state index contributed by atoms with van der Waals surface area (Å²) in [6, 6.07) is 14.4. The van der Waals surface area contributed by atoms with Crippen LogP contribution < -0.4 is 5.32 Å². The van der Waals surface area contributed by atoms with Gasteiger partial charge in [-0.3, -0.25) is 0 Å². The van der Waals surface area contributed by atoms with Crippen molar-refractivity contribution in [1.29, 1.82) is 0 Å². The topological polar surface area (TPSA) is 12.0 Å². The van der Waals surface area contributed by atoms with Gasteiger partial charge in [0.2, 0.25) is 0 Å². The van der Waals surface area contributed by atoms with Crippen LogP contribution in [-0.2, 0) is 0 Å². The minimum absolute atomic E-state index is 0.769. The Morgan fingerprint density at radius 3 is 2.06 bits per heavy atom. The average molecular weight is 255 g/mol. The predicted octanol–water partition coefficient (Wildman–Crippen LogP) is 4.40. The van der Waals surface area contributed by atoms with Crippen LogP contribution in [0.25, 0.3) is 0 Å². The van der Waals surface area contributed by atoms with E-state index in [1.54, 1.807) is 0 Å². The molecule has 0 spiro atoms.